The molecule has 1 N–H and O–H groups in total. The van der Waals surface area contributed by atoms with E-state index in [1.54, 1.807) is 48.7 Å². The van der Waals surface area contributed by atoms with Gasteiger partial charge in [-0.2, -0.15) is 0 Å². The first kappa shape index (κ1) is 19.4. The number of carbonyl (C=O) groups is 2. The van der Waals surface area contributed by atoms with Crippen LogP contribution >= 0.6 is 0 Å². The Kier molecular flexibility index (Phi) is 5.06. The molecule has 0 saturated carbocycles. The van der Waals surface area contributed by atoms with Gasteiger partial charge < -0.3 is 9.84 Å². The number of nitrogens with zero attached hydrogens (tertiary/aromatic N) is 2. The maximum Gasteiger partial charge on any atom is 0.301 e. The third-order valence-corrected chi connectivity index (χ3v) is 5.08. The number of benzene rings is 2. The lowest BCUT2D eigenvalue weighted by atomic mass is 9.94. The molecule has 3 aromatic rings. The number of ether oxygens (including phenoxy) is 1. The van der Waals surface area contributed by atoms with Crippen LogP contribution in [0.25, 0.3) is 5.76 Å². The van der Waals surface area contributed by atoms with E-state index < -0.39 is 17.7 Å². The first-order valence-electron chi connectivity index (χ1n) is 9.44. The van der Waals surface area contributed by atoms with Crippen molar-refractivity contribution in [1.29, 1.82) is 0 Å². The Morgan fingerprint density at radius 3 is 2.47 bits per heavy atom. The van der Waals surface area contributed by atoms with E-state index in [0.29, 0.717) is 22.7 Å². The molecule has 1 amide bonds. The summed E-state index contributed by atoms with van der Waals surface area (Å²) >= 11 is 0. The normalized spacial score (nSPS) is 17.9. The van der Waals surface area contributed by atoms with E-state index in [2.05, 4.69) is 4.98 Å². The molecular formula is C24H20N2O4. The Morgan fingerprint density at radius 1 is 1.03 bits per heavy atom. The smallest absolute Gasteiger partial charge is 0.301 e. The third kappa shape index (κ3) is 3.33. The van der Waals surface area contributed by atoms with Gasteiger partial charge in [-0.05, 0) is 36.8 Å². The molecule has 6 nitrogen and oxygen atoms in total. The molecule has 150 valence electrons. The van der Waals surface area contributed by atoms with E-state index in [4.69, 9.17) is 4.74 Å². The van der Waals surface area contributed by atoms with Crippen LogP contribution in [0, 0.1) is 6.92 Å². The van der Waals surface area contributed by atoms with Crippen LogP contribution in [0.3, 0.4) is 0 Å². The molecule has 1 aromatic heterocycles. The number of amides is 1. The molecule has 2 aromatic carbocycles. The summed E-state index contributed by atoms with van der Waals surface area (Å²) in [5, 5.41) is 11.1. The molecule has 1 aliphatic heterocycles. The minimum absolute atomic E-state index is 0.0164. The van der Waals surface area contributed by atoms with Crippen molar-refractivity contribution in [3.63, 3.8) is 0 Å². The predicted molar refractivity (Wildman–Crippen MR) is 113 cm³/mol. The molecule has 1 saturated heterocycles. The molecule has 2 heterocycles. The van der Waals surface area contributed by atoms with Gasteiger partial charge in [-0.1, -0.05) is 48.0 Å². The zero-order valence-corrected chi connectivity index (χ0v) is 16.6. The van der Waals surface area contributed by atoms with E-state index in [1.165, 1.54) is 12.0 Å². The highest BCUT2D eigenvalue weighted by Gasteiger charge is 2.47. The maximum atomic E-state index is 13.0. The molecule has 0 unspecified atom stereocenters. The topological polar surface area (TPSA) is 79.7 Å². The van der Waals surface area contributed by atoms with Gasteiger partial charge in [-0.15, -0.1) is 0 Å². The summed E-state index contributed by atoms with van der Waals surface area (Å²) in [7, 11) is 1.52. The lowest BCUT2D eigenvalue weighted by molar-refractivity contribution is -0.132. The van der Waals surface area contributed by atoms with E-state index in [0.717, 1.165) is 5.56 Å². The fourth-order valence-electron chi connectivity index (χ4n) is 3.56. The number of aryl methyl sites for hydroxylation is 1. The molecule has 0 bridgehead atoms. The van der Waals surface area contributed by atoms with Crippen molar-refractivity contribution in [2.45, 2.75) is 13.0 Å². The number of aliphatic hydroxyl groups is 1. The van der Waals surface area contributed by atoms with E-state index in [9.17, 15) is 14.7 Å². The number of carbonyl (C=O) groups excluding carboxylic acids is 2. The number of Topliss-reactive ketones (excluding diaryl/α,β-unsaturated/α-hetero) is 1. The number of rotatable bonds is 4. The standard InChI is InChI=1S/C24H20N2O4/c1-15-9-11-16(12-10-15)21-20(22(27)17-6-5-7-18(14-17)30-2)23(28)24(29)26(21)19-8-3-4-13-25-19/h3-14,21,27H,1-2H3/b22-20+/t21-/m0/s1. The van der Waals surface area contributed by atoms with Crippen molar-refractivity contribution in [2.75, 3.05) is 12.0 Å². The molecule has 1 aliphatic rings. The molecule has 30 heavy (non-hydrogen) atoms. The minimum Gasteiger partial charge on any atom is -0.507 e. The van der Waals surface area contributed by atoms with Gasteiger partial charge in [-0.3, -0.25) is 14.5 Å². The van der Waals surface area contributed by atoms with Gasteiger partial charge in [0.1, 0.15) is 17.3 Å². The average Bonchev–Trinajstić information content (AvgIpc) is 3.05. The Bertz CT molecular complexity index is 1140. The SMILES string of the molecule is COc1cccc(/C(O)=C2\C(=O)C(=O)N(c3ccccn3)[C@H]2c2ccc(C)cc2)c1. The zero-order chi connectivity index (χ0) is 21.3. The van der Waals surface area contributed by atoms with Crippen molar-refractivity contribution in [3.8, 4) is 5.75 Å². The second-order valence-electron chi connectivity index (χ2n) is 7.00. The van der Waals surface area contributed by atoms with Gasteiger partial charge in [0.25, 0.3) is 5.78 Å². The molecule has 0 aliphatic carbocycles. The largest absolute Gasteiger partial charge is 0.507 e. The van der Waals surface area contributed by atoms with Crippen molar-refractivity contribution in [2.24, 2.45) is 0 Å². The fourth-order valence-corrected chi connectivity index (χ4v) is 3.56. The van der Waals surface area contributed by atoms with Crippen LogP contribution < -0.4 is 9.64 Å². The number of ketones is 1. The van der Waals surface area contributed by atoms with Gasteiger partial charge in [0, 0.05) is 11.8 Å². The highest BCUT2D eigenvalue weighted by molar-refractivity contribution is 6.51. The predicted octanol–water partition coefficient (Wildman–Crippen LogP) is 4.02. The number of pyridine rings is 1. The second-order valence-corrected chi connectivity index (χ2v) is 7.00. The van der Waals surface area contributed by atoms with Crippen molar-refractivity contribution in [1.82, 2.24) is 4.98 Å². The monoisotopic (exact) mass is 400 g/mol. The zero-order valence-electron chi connectivity index (χ0n) is 16.6. The summed E-state index contributed by atoms with van der Waals surface area (Å²) in [5.41, 5.74) is 2.16. The molecule has 0 spiro atoms. The number of hydrogen-bond donors (Lipinski definition) is 1. The van der Waals surface area contributed by atoms with Crippen molar-refractivity contribution < 1.29 is 19.4 Å². The number of anilines is 1. The molecule has 4 rings (SSSR count). The Hall–Kier alpha value is -3.93. The molecule has 6 heteroatoms. The Morgan fingerprint density at radius 2 is 1.80 bits per heavy atom. The van der Waals surface area contributed by atoms with Crippen LogP contribution in [-0.4, -0.2) is 28.9 Å². The number of aliphatic hydroxyl groups excluding tert-OH is 1. The van der Waals surface area contributed by atoms with Crippen LogP contribution in [0.15, 0.2) is 78.5 Å². The van der Waals surface area contributed by atoms with Crippen LogP contribution in [0.2, 0.25) is 0 Å². The molecule has 1 fully saturated rings. The lowest BCUT2D eigenvalue weighted by Gasteiger charge is -2.24. The summed E-state index contributed by atoms with van der Waals surface area (Å²) in [4.78, 5) is 31.6. The minimum atomic E-state index is -0.799. The van der Waals surface area contributed by atoms with Crippen molar-refractivity contribution >= 4 is 23.3 Å². The van der Waals surface area contributed by atoms with Gasteiger partial charge in [0.2, 0.25) is 0 Å². The lowest BCUT2D eigenvalue weighted by Crippen LogP contribution is -2.30. The Labute approximate surface area is 174 Å². The van der Waals surface area contributed by atoms with E-state index in [-0.39, 0.29) is 11.3 Å². The number of hydrogen-bond acceptors (Lipinski definition) is 5. The van der Waals surface area contributed by atoms with Crippen LogP contribution in [-0.2, 0) is 9.59 Å². The second kappa shape index (κ2) is 7.83. The van der Waals surface area contributed by atoms with Crippen LogP contribution in [0.1, 0.15) is 22.7 Å². The first-order valence-corrected chi connectivity index (χ1v) is 9.44. The first-order chi connectivity index (χ1) is 14.5. The number of methoxy groups -OCH3 is 1. The van der Waals surface area contributed by atoms with Gasteiger partial charge >= 0.3 is 5.91 Å². The fraction of sp³-hybridized carbons (Fsp3) is 0.125. The van der Waals surface area contributed by atoms with Crippen LogP contribution in [0.5, 0.6) is 5.75 Å². The molecule has 0 radical (unpaired) electrons. The molecule has 1 atom stereocenters. The quantitative estimate of drug-likeness (QED) is 0.406. The maximum absolute atomic E-state index is 13.0. The third-order valence-electron chi connectivity index (χ3n) is 5.08. The van der Waals surface area contributed by atoms with Gasteiger partial charge in [0.15, 0.2) is 0 Å². The number of aromatic nitrogens is 1. The highest BCUT2D eigenvalue weighted by Crippen LogP contribution is 2.41. The summed E-state index contributed by atoms with van der Waals surface area (Å²) in [6, 6.07) is 18.6. The summed E-state index contributed by atoms with van der Waals surface area (Å²) < 4.78 is 5.22. The van der Waals surface area contributed by atoms with Gasteiger partial charge in [-0.25, -0.2) is 4.98 Å². The average molecular weight is 400 g/mol. The summed E-state index contributed by atoms with van der Waals surface area (Å²) in [6.07, 6.45) is 1.56. The summed E-state index contributed by atoms with van der Waals surface area (Å²) in [6.45, 7) is 1.95. The Balaban J connectivity index is 1.94. The molecular weight excluding hydrogens is 380 g/mol. The van der Waals surface area contributed by atoms with E-state index in [1.807, 2.05) is 31.2 Å². The van der Waals surface area contributed by atoms with Gasteiger partial charge in [0.05, 0.1) is 18.7 Å². The highest BCUT2D eigenvalue weighted by atomic mass is 16.5. The van der Waals surface area contributed by atoms with Crippen molar-refractivity contribution in [3.05, 3.63) is 95.2 Å². The van der Waals surface area contributed by atoms with Crippen LogP contribution in [0.4, 0.5) is 5.82 Å². The van der Waals surface area contributed by atoms with E-state index >= 15 is 0 Å². The summed E-state index contributed by atoms with van der Waals surface area (Å²) in [5.74, 6) is -0.869.